The van der Waals surface area contributed by atoms with Crippen molar-refractivity contribution in [2.45, 2.75) is 45.1 Å². The highest BCUT2D eigenvalue weighted by molar-refractivity contribution is 5.15. The minimum absolute atomic E-state index is 0.521. The van der Waals surface area contributed by atoms with E-state index in [2.05, 4.69) is 29.2 Å². The molecule has 1 heterocycles. The molecule has 1 aromatic carbocycles. The van der Waals surface area contributed by atoms with Gasteiger partial charge in [-0.1, -0.05) is 48.8 Å². The molecular formula is C15H21N3O. The molecule has 4 heteroatoms. The van der Waals surface area contributed by atoms with Crippen molar-refractivity contribution in [3.05, 3.63) is 47.6 Å². The van der Waals surface area contributed by atoms with Crippen LogP contribution < -0.4 is 5.73 Å². The summed E-state index contributed by atoms with van der Waals surface area (Å²) in [5.41, 5.74) is 6.93. The van der Waals surface area contributed by atoms with Gasteiger partial charge >= 0.3 is 0 Å². The summed E-state index contributed by atoms with van der Waals surface area (Å²) in [4.78, 5) is 4.41. The fourth-order valence-corrected chi connectivity index (χ4v) is 2.11. The SMILES string of the molecule is CCCC(C)(N)c1nc(CCc2ccccc2)no1. The van der Waals surface area contributed by atoms with Gasteiger partial charge < -0.3 is 10.3 Å². The second-order valence-electron chi connectivity index (χ2n) is 5.17. The standard InChI is InChI=1S/C15H21N3O/c1-3-11-15(2,16)14-17-13(18-19-14)10-9-12-7-5-4-6-8-12/h4-8H,3,9-11,16H2,1-2H3. The average molecular weight is 259 g/mol. The Morgan fingerprint density at radius 3 is 2.63 bits per heavy atom. The molecule has 0 radical (unpaired) electrons. The van der Waals surface area contributed by atoms with Gasteiger partial charge in [0.25, 0.3) is 0 Å². The smallest absolute Gasteiger partial charge is 0.246 e. The number of nitrogens with zero attached hydrogens (tertiary/aromatic N) is 2. The monoisotopic (exact) mass is 259 g/mol. The van der Waals surface area contributed by atoms with E-state index in [9.17, 15) is 0 Å². The molecule has 1 atom stereocenters. The fourth-order valence-electron chi connectivity index (χ4n) is 2.11. The van der Waals surface area contributed by atoms with Crippen molar-refractivity contribution < 1.29 is 4.52 Å². The summed E-state index contributed by atoms with van der Waals surface area (Å²) in [6.07, 6.45) is 3.52. The second kappa shape index (κ2) is 5.97. The molecule has 0 amide bonds. The van der Waals surface area contributed by atoms with Crippen LogP contribution >= 0.6 is 0 Å². The lowest BCUT2D eigenvalue weighted by Gasteiger charge is -2.18. The normalized spacial score (nSPS) is 14.3. The summed E-state index contributed by atoms with van der Waals surface area (Å²) in [7, 11) is 0. The van der Waals surface area contributed by atoms with Crippen LogP contribution in [0.2, 0.25) is 0 Å². The molecule has 0 spiro atoms. The summed E-state index contributed by atoms with van der Waals surface area (Å²) >= 11 is 0. The van der Waals surface area contributed by atoms with Gasteiger partial charge in [0.15, 0.2) is 5.82 Å². The quantitative estimate of drug-likeness (QED) is 0.866. The molecule has 0 aliphatic rings. The van der Waals surface area contributed by atoms with Gasteiger partial charge in [0.05, 0.1) is 5.54 Å². The molecule has 1 aromatic heterocycles. The lowest BCUT2D eigenvalue weighted by atomic mass is 9.98. The largest absolute Gasteiger partial charge is 0.337 e. The Hall–Kier alpha value is -1.68. The Balaban J connectivity index is 1.98. The third-order valence-corrected chi connectivity index (χ3v) is 3.21. The molecule has 0 saturated carbocycles. The maximum Gasteiger partial charge on any atom is 0.246 e. The summed E-state index contributed by atoms with van der Waals surface area (Å²) in [6.45, 7) is 4.03. The number of hydrogen-bond acceptors (Lipinski definition) is 4. The van der Waals surface area contributed by atoms with Gasteiger partial charge in [0, 0.05) is 6.42 Å². The Morgan fingerprint density at radius 1 is 1.21 bits per heavy atom. The molecule has 2 N–H and O–H groups in total. The van der Waals surface area contributed by atoms with Gasteiger partial charge in [0.1, 0.15) is 0 Å². The Labute approximate surface area is 114 Å². The summed E-state index contributed by atoms with van der Waals surface area (Å²) < 4.78 is 5.28. The van der Waals surface area contributed by atoms with Gasteiger partial charge in [-0.2, -0.15) is 4.98 Å². The van der Waals surface area contributed by atoms with Gasteiger partial charge in [-0.25, -0.2) is 0 Å². The zero-order valence-electron chi connectivity index (χ0n) is 11.6. The third-order valence-electron chi connectivity index (χ3n) is 3.21. The average Bonchev–Trinajstić information content (AvgIpc) is 2.87. The Bertz CT molecular complexity index is 505. The number of rotatable bonds is 6. The van der Waals surface area contributed by atoms with E-state index in [0.717, 1.165) is 31.5 Å². The highest BCUT2D eigenvalue weighted by Crippen LogP contribution is 2.21. The first-order valence-electron chi connectivity index (χ1n) is 6.77. The van der Waals surface area contributed by atoms with Gasteiger partial charge in [-0.15, -0.1) is 0 Å². The second-order valence-corrected chi connectivity index (χ2v) is 5.17. The molecule has 0 aliphatic carbocycles. The van der Waals surface area contributed by atoms with Crippen LogP contribution in [0.5, 0.6) is 0 Å². The first-order valence-corrected chi connectivity index (χ1v) is 6.77. The number of benzene rings is 1. The van der Waals surface area contributed by atoms with Crippen LogP contribution in [0.1, 0.15) is 44.0 Å². The molecular weight excluding hydrogens is 238 g/mol. The molecule has 2 rings (SSSR count). The first-order chi connectivity index (χ1) is 9.12. The van der Waals surface area contributed by atoms with Crippen LogP contribution in [-0.2, 0) is 18.4 Å². The van der Waals surface area contributed by atoms with Crippen LogP contribution in [0.3, 0.4) is 0 Å². The molecule has 4 nitrogen and oxygen atoms in total. The minimum Gasteiger partial charge on any atom is -0.337 e. The minimum atomic E-state index is -0.521. The van der Waals surface area contributed by atoms with E-state index >= 15 is 0 Å². The topological polar surface area (TPSA) is 64.9 Å². The predicted octanol–water partition coefficient (Wildman–Crippen LogP) is 2.83. The van der Waals surface area contributed by atoms with Crippen LogP contribution in [0.25, 0.3) is 0 Å². The number of nitrogens with two attached hydrogens (primary N) is 1. The van der Waals surface area contributed by atoms with Crippen molar-refractivity contribution in [1.29, 1.82) is 0 Å². The highest BCUT2D eigenvalue weighted by Gasteiger charge is 2.27. The summed E-state index contributed by atoms with van der Waals surface area (Å²) in [5, 5.41) is 4.01. The van der Waals surface area contributed by atoms with E-state index in [1.165, 1.54) is 5.56 Å². The third kappa shape index (κ3) is 3.64. The molecule has 0 aliphatic heterocycles. The van der Waals surface area contributed by atoms with Crippen molar-refractivity contribution in [3.63, 3.8) is 0 Å². The fraction of sp³-hybridized carbons (Fsp3) is 0.467. The van der Waals surface area contributed by atoms with Crippen molar-refractivity contribution in [2.75, 3.05) is 0 Å². The van der Waals surface area contributed by atoms with Crippen LogP contribution in [-0.4, -0.2) is 10.1 Å². The van der Waals surface area contributed by atoms with Crippen molar-refractivity contribution in [1.82, 2.24) is 10.1 Å². The zero-order chi connectivity index (χ0) is 13.7. The van der Waals surface area contributed by atoms with E-state index in [1.54, 1.807) is 0 Å². The van der Waals surface area contributed by atoms with E-state index in [0.29, 0.717) is 5.89 Å². The first kappa shape index (κ1) is 13.7. The maximum atomic E-state index is 6.17. The van der Waals surface area contributed by atoms with E-state index in [-0.39, 0.29) is 0 Å². The van der Waals surface area contributed by atoms with Crippen LogP contribution in [0.4, 0.5) is 0 Å². The Morgan fingerprint density at radius 2 is 1.95 bits per heavy atom. The van der Waals surface area contributed by atoms with Crippen molar-refractivity contribution in [2.24, 2.45) is 5.73 Å². The van der Waals surface area contributed by atoms with E-state index in [4.69, 9.17) is 10.3 Å². The molecule has 2 aromatic rings. The summed E-state index contributed by atoms with van der Waals surface area (Å²) in [6, 6.07) is 10.3. The number of aryl methyl sites for hydroxylation is 2. The van der Waals surface area contributed by atoms with Crippen molar-refractivity contribution >= 4 is 0 Å². The molecule has 0 fully saturated rings. The highest BCUT2D eigenvalue weighted by atomic mass is 16.5. The van der Waals surface area contributed by atoms with E-state index in [1.807, 2.05) is 25.1 Å². The number of aromatic nitrogens is 2. The molecule has 0 saturated heterocycles. The van der Waals surface area contributed by atoms with Gasteiger partial charge in [-0.3, -0.25) is 0 Å². The number of hydrogen-bond donors (Lipinski definition) is 1. The lowest BCUT2D eigenvalue weighted by molar-refractivity contribution is 0.282. The predicted molar refractivity (Wildman–Crippen MR) is 74.6 cm³/mol. The maximum absolute atomic E-state index is 6.17. The van der Waals surface area contributed by atoms with Crippen LogP contribution in [0.15, 0.2) is 34.9 Å². The summed E-state index contributed by atoms with van der Waals surface area (Å²) in [5.74, 6) is 1.27. The van der Waals surface area contributed by atoms with Crippen molar-refractivity contribution in [3.8, 4) is 0 Å². The lowest BCUT2D eigenvalue weighted by Crippen LogP contribution is -2.33. The zero-order valence-corrected chi connectivity index (χ0v) is 11.6. The van der Waals surface area contributed by atoms with Gasteiger partial charge in [0.2, 0.25) is 5.89 Å². The molecule has 0 bridgehead atoms. The van der Waals surface area contributed by atoms with Gasteiger partial charge in [-0.05, 0) is 25.3 Å². The molecule has 19 heavy (non-hydrogen) atoms. The molecule has 1 unspecified atom stereocenters. The Kier molecular flexibility index (Phi) is 4.32. The van der Waals surface area contributed by atoms with Crippen LogP contribution in [0, 0.1) is 0 Å². The van der Waals surface area contributed by atoms with E-state index < -0.39 is 5.54 Å². The molecule has 102 valence electrons.